The van der Waals surface area contributed by atoms with Crippen LogP contribution in [0.25, 0.3) is 11.1 Å². The standard InChI is InChI=1S/C46H34N2S2/c1-5-15-37(16-6-1)47(38-17-7-2-8-18-38)41-29-25-35(26-30-41)45(46(43-23-13-33-49-43)44-24-14-34-50-44)36-27-31-42(32-28-36)48(39-19-9-3-10-20-39)40-21-11-4-12-22-40/h1-34H. The number of rotatable bonds is 10. The maximum absolute atomic E-state index is 2.31. The second kappa shape index (κ2) is 14.7. The molecule has 0 amide bonds. The van der Waals surface area contributed by atoms with Gasteiger partial charge in [0, 0.05) is 49.5 Å². The van der Waals surface area contributed by atoms with Crippen molar-refractivity contribution in [2.75, 3.05) is 9.80 Å². The molecule has 2 heterocycles. The fourth-order valence-corrected chi connectivity index (χ4v) is 8.07. The van der Waals surface area contributed by atoms with E-state index >= 15 is 0 Å². The van der Waals surface area contributed by atoms with E-state index in [0.717, 1.165) is 34.1 Å². The van der Waals surface area contributed by atoms with Gasteiger partial charge in [0.15, 0.2) is 0 Å². The molecule has 0 aliphatic rings. The summed E-state index contributed by atoms with van der Waals surface area (Å²) in [6.07, 6.45) is 0. The normalized spacial score (nSPS) is 10.8. The van der Waals surface area contributed by atoms with Crippen molar-refractivity contribution < 1.29 is 0 Å². The third-order valence-electron chi connectivity index (χ3n) is 8.67. The maximum atomic E-state index is 2.31. The highest BCUT2D eigenvalue weighted by molar-refractivity contribution is 7.14. The van der Waals surface area contributed by atoms with Crippen molar-refractivity contribution in [1.29, 1.82) is 0 Å². The fourth-order valence-electron chi connectivity index (χ4n) is 6.42. The molecule has 0 bridgehead atoms. The van der Waals surface area contributed by atoms with Crippen molar-refractivity contribution in [3.63, 3.8) is 0 Å². The first-order valence-electron chi connectivity index (χ1n) is 16.7. The van der Waals surface area contributed by atoms with Crippen molar-refractivity contribution in [2.45, 2.75) is 0 Å². The lowest BCUT2D eigenvalue weighted by atomic mass is 9.91. The molecule has 0 aliphatic carbocycles. The molecule has 0 aliphatic heterocycles. The second-order valence-corrected chi connectivity index (χ2v) is 13.7. The first-order valence-corrected chi connectivity index (χ1v) is 18.4. The molecule has 0 saturated carbocycles. The topological polar surface area (TPSA) is 6.48 Å². The molecule has 8 rings (SSSR count). The zero-order chi connectivity index (χ0) is 33.5. The first kappa shape index (κ1) is 31.3. The minimum absolute atomic E-state index is 1.11. The molecule has 0 fully saturated rings. The lowest BCUT2D eigenvalue weighted by molar-refractivity contribution is 1.28. The minimum atomic E-state index is 1.11. The predicted molar refractivity (Wildman–Crippen MR) is 216 cm³/mol. The third-order valence-corrected chi connectivity index (χ3v) is 10.4. The van der Waals surface area contributed by atoms with E-state index in [1.54, 1.807) is 22.7 Å². The van der Waals surface area contributed by atoms with Crippen molar-refractivity contribution in [2.24, 2.45) is 0 Å². The lowest BCUT2D eigenvalue weighted by Crippen LogP contribution is -2.10. The van der Waals surface area contributed by atoms with E-state index in [4.69, 9.17) is 0 Å². The summed E-state index contributed by atoms with van der Waals surface area (Å²) in [5.74, 6) is 0. The second-order valence-electron chi connectivity index (χ2n) is 11.8. The highest BCUT2D eigenvalue weighted by atomic mass is 32.1. The Labute approximate surface area is 302 Å². The first-order chi connectivity index (χ1) is 24.8. The van der Waals surface area contributed by atoms with Gasteiger partial charge in [-0.1, -0.05) is 109 Å². The molecule has 8 aromatic rings. The molecule has 2 nitrogen and oxygen atoms in total. The van der Waals surface area contributed by atoms with E-state index in [1.165, 1.54) is 32.0 Å². The monoisotopic (exact) mass is 678 g/mol. The molecule has 0 radical (unpaired) electrons. The van der Waals surface area contributed by atoms with Crippen LogP contribution in [0.2, 0.25) is 0 Å². The van der Waals surface area contributed by atoms with Gasteiger partial charge in [-0.2, -0.15) is 0 Å². The molecule has 0 N–H and O–H groups in total. The van der Waals surface area contributed by atoms with E-state index < -0.39 is 0 Å². The molecule has 0 saturated heterocycles. The van der Waals surface area contributed by atoms with Gasteiger partial charge in [-0.25, -0.2) is 0 Å². The zero-order valence-electron chi connectivity index (χ0n) is 27.3. The Kier molecular flexibility index (Phi) is 9.19. The van der Waals surface area contributed by atoms with Gasteiger partial charge in [-0.05, 0) is 112 Å². The van der Waals surface area contributed by atoms with E-state index in [1.807, 2.05) is 0 Å². The molecule has 0 spiro atoms. The summed E-state index contributed by atoms with van der Waals surface area (Å²) in [5, 5.41) is 4.34. The van der Waals surface area contributed by atoms with Gasteiger partial charge in [-0.3, -0.25) is 0 Å². The Hall–Kier alpha value is -5.94. The van der Waals surface area contributed by atoms with Crippen LogP contribution in [0.5, 0.6) is 0 Å². The molecular weight excluding hydrogens is 645 g/mol. The minimum Gasteiger partial charge on any atom is -0.311 e. The summed E-state index contributed by atoms with van der Waals surface area (Å²) < 4.78 is 0. The van der Waals surface area contributed by atoms with E-state index in [9.17, 15) is 0 Å². The van der Waals surface area contributed by atoms with Crippen molar-refractivity contribution in [3.8, 4) is 0 Å². The highest BCUT2D eigenvalue weighted by Crippen LogP contribution is 2.43. The lowest BCUT2D eigenvalue weighted by Gasteiger charge is -2.26. The molecular formula is C46H34N2S2. The molecule has 240 valence electrons. The number of nitrogens with zero attached hydrogens (tertiary/aromatic N) is 2. The van der Waals surface area contributed by atoms with Crippen molar-refractivity contribution in [3.05, 3.63) is 226 Å². The van der Waals surface area contributed by atoms with Gasteiger partial charge >= 0.3 is 0 Å². The van der Waals surface area contributed by atoms with Crippen LogP contribution in [0.3, 0.4) is 0 Å². The summed E-state index contributed by atoms with van der Waals surface area (Å²) in [7, 11) is 0. The molecule has 50 heavy (non-hydrogen) atoms. The van der Waals surface area contributed by atoms with E-state index in [-0.39, 0.29) is 0 Å². The summed E-state index contributed by atoms with van der Waals surface area (Å²) in [6, 6.07) is 69.1. The molecule has 4 heteroatoms. The largest absolute Gasteiger partial charge is 0.311 e. The summed E-state index contributed by atoms with van der Waals surface area (Å²) in [4.78, 5) is 7.12. The fraction of sp³-hybridized carbons (Fsp3) is 0. The number of thiophene rings is 2. The van der Waals surface area contributed by atoms with Crippen LogP contribution in [0, 0.1) is 0 Å². The average Bonchev–Trinajstić information content (AvgIpc) is 3.93. The molecule has 0 unspecified atom stereocenters. The van der Waals surface area contributed by atoms with Gasteiger partial charge in [-0.15, -0.1) is 22.7 Å². The molecule has 6 aromatic carbocycles. The molecule has 0 atom stereocenters. The summed E-state index contributed by atoms with van der Waals surface area (Å²) >= 11 is 3.57. The number of hydrogen-bond donors (Lipinski definition) is 0. The van der Waals surface area contributed by atoms with Crippen LogP contribution in [0.1, 0.15) is 20.9 Å². The smallest absolute Gasteiger partial charge is 0.0462 e. The van der Waals surface area contributed by atoms with Crippen LogP contribution in [-0.2, 0) is 0 Å². The van der Waals surface area contributed by atoms with Crippen LogP contribution in [0.4, 0.5) is 34.1 Å². The van der Waals surface area contributed by atoms with Crippen LogP contribution < -0.4 is 9.80 Å². The average molecular weight is 679 g/mol. The van der Waals surface area contributed by atoms with E-state index in [0.29, 0.717) is 0 Å². The zero-order valence-corrected chi connectivity index (χ0v) is 29.0. The quantitative estimate of drug-likeness (QED) is 0.142. The van der Waals surface area contributed by atoms with Crippen LogP contribution in [0.15, 0.2) is 205 Å². The van der Waals surface area contributed by atoms with E-state index in [2.05, 4.69) is 215 Å². The Morgan fingerprint density at radius 3 is 0.860 bits per heavy atom. The van der Waals surface area contributed by atoms with Gasteiger partial charge in [0.25, 0.3) is 0 Å². The van der Waals surface area contributed by atoms with Gasteiger partial charge < -0.3 is 9.80 Å². The Bertz CT molecular complexity index is 2020. The van der Waals surface area contributed by atoms with Crippen molar-refractivity contribution in [1.82, 2.24) is 0 Å². The van der Waals surface area contributed by atoms with Crippen molar-refractivity contribution >= 4 is 67.9 Å². The Morgan fingerprint density at radius 1 is 0.280 bits per heavy atom. The van der Waals surface area contributed by atoms with Crippen LogP contribution >= 0.6 is 22.7 Å². The predicted octanol–water partition coefficient (Wildman–Crippen LogP) is 13.8. The Balaban J connectivity index is 1.27. The molecule has 2 aromatic heterocycles. The number of anilines is 6. The highest BCUT2D eigenvalue weighted by Gasteiger charge is 2.20. The number of benzene rings is 6. The SMILES string of the molecule is c1ccc(N(c2ccccc2)c2ccc(C(=C(c3cccs3)c3cccs3)c3ccc(N(c4ccccc4)c4ccccc4)cc3)cc2)cc1. The van der Waals surface area contributed by atoms with Gasteiger partial charge in [0.1, 0.15) is 0 Å². The van der Waals surface area contributed by atoms with Crippen LogP contribution in [-0.4, -0.2) is 0 Å². The summed E-state index contributed by atoms with van der Waals surface area (Å²) in [5.41, 5.74) is 11.5. The van der Waals surface area contributed by atoms with Gasteiger partial charge in [0.2, 0.25) is 0 Å². The summed E-state index contributed by atoms with van der Waals surface area (Å²) in [6.45, 7) is 0. The van der Waals surface area contributed by atoms with Gasteiger partial charge in [0.05, 0.1) is 0 Å². The third kappa shape index (κ3) is 6.55. The number of para-hydroxylation sites is 4. The maximum Gasteiger partial charge on any atom is 0.0462 e. The number of hydrogen-bond acceptors (Lipinski definition) is 4. The Morgan fingerprint density at radius 2 is 0.580 bits per heavy atom.